The molecular formula is C6H12O5. The van der Waals surface area contributed by atoms with Gasteiger partial charge in [0, 0.05) is 0 Å². The van der Waals surface area contributed by atoms with Gasteiger partial charge in [0.25, 0.3) is 0 Å². The van der Waals surface area contributed by atoms with Crippen LogP contribution in [0.15, 0.2) is 0 Å². The molecular weight excluding hydrogens is 152 g/mol. The van der Waals surface area contributed by atoms with Crippen molar-refractivity contribution in [3.63, 3.8) is 0 Å². The molecule has 0 unspecified atom stereocenters. The highest BCUT2D eigenvalue weighted by Crippen LogP contribution is 2.14. The summed E-state index contributed by atoms with van der Waals surface area (Å²) in [5, 5.41) is 35.7. The van der Waals surface area contributed by atoms with E-state index in [9.17, 15) is 0 Å². The zero-order chi connectivity index (χ0) is 8.43. The maximum Gasteiger partial charge on any atom is 0.111 e. The smallest absolute Gasteiger partial charge is 0.111 e. The van der Waals surface area contributed by atoms with Gasteiger partial charge in [0.05, 0.1) is 13.2 Å². The summed E-state index contributed by atoms with van der Waals surface area (Å²) in [6.07, 6.45) is -4.27. The Balaban J connectivity index is 2.52. The second-order valence-corrected chi connectivity index (χ2v) is 2.60. The molecule has 0 aromatic carbocycles. The second-order valence-electron chi connectivity index (χ2n) is 2.60. The molecule has 0 radical (unpaired) electrons. The van der Waals surface area contributed by atoms with E-state index in [0.717, 1.165) is 0 Å². The molecule has 0 bridgehead atoms. The molecule has 0 spiro atoms. The van der Waals surface area contributed by atoms with Crippen LogP contribution in [0.5, 0.6) is 0 Å². The largest absolute Gasteiger partial charge is 0.394 e. The minimum Gasteiger partial charge on any atom is -0.394 e. The van der Waals surface area contributed by atoms with Gasteiger partial charge in [-0.15, -0.1) is 0 Å². The zero-order valence-electron chi connectivity index (χ0n) is 5.92. The van der Waals surface area contributed by atoms with E-state index in [0.29, 0.717) is 0 Å². The van der Waals surface area contributed by atoms with Crippen molar-refractivity contribution in [3.05, 3.63) is 0 Å². The van der Waals surface area contributed by atoms with Gasteiger partial charge in [0.2, 0.25) is 0 Å². The van der Waals surface area contributed by atoms with Crippen molar-refractivity contribution >= 4 is 0 Å². The standard InChI is InChI=1S/C6H12O5/c7-1-4-6(10)5(9)3(8)2-11-4/h3-10H,1-2H2/t3-,4-,5-,6+/m1/s1. The number of hydrogen-bond donors (Lipinski definition) is 4. The van der Waals surface area contributed by atoms with Gasteiger partial charge in [-0.05, 0) is 0 Å². The van der Waals surface area contributed by atoms with Crippen LogP contribution in [0.25, 0.3) is 0 Å². The zero-order valence-corrected chi connectivity index (χ0v) is 5.92. The van der Waals surface area contributed by atoms with Crippen LogP contribution in [0.4, 0.5) is 0 Å². The van der Waals surface area contributed by atoms with Gasteiger partial charge in [0.15, 0.2) is 0 Å². The van der Waals surface area contributed by atoms with Crippen molar-refractivity contribution < 1.29 is 25.2 Å². The van der Waals surface area contributed by atoms with Crippen LogP contribution in [-0.2, 0) is 4.74 Å². The predicted octanol–water partition coefficient (Wildman–Crippen LogP) is -2.54. The van der Waals surface area contributed by atoms with Crippen molar-refractivity contribution in [2.75, 3.05) is 13.2 Å². The first kappa shape index (κ1) is 8.89. The molecule has 1 aliphatic heterocycles. The van der Waals surface area contributed by atoms with Crippen LogP contribution >= 0.6 is 0 Å². The summed E-state index contributed by atoms with van der Waals surface area (Å²) >= 11 is 0. The Morgan fingerprint density at radius 1 is 1.18 bits per heavy atom. The SMILES string of the molecule is OC[C@H]1OC[C@@H](O)[C@@H](O)[C@H]1O. The molecule has 1 saturated heterocycles. The molecule has 11 heavy (non-hydrogen) atoms. The van der Waals surface area contributed by atoms with Crippen LogP contribution in [0.3, 0.4) is 0 Å². The summed E-state index contributed by atoms with van der Waals surface area (Å²) in [5.74, 6) is 0. The number of ether oxygens (including phenoxy) is 1. The molecule has 5 heteroatoms. The molecule has 0 aromatic rings. The number of hydrogen-bond acceptors (Lipinski definition) is 5. The van der Waals surface area contributed by atoms with Crippen LogP contribution in [0, 0.1) is 0 Å². The van der Waals surface area contributed by atoms with Gasteiger partial charge in [-0.3, -0.25) is 0 Å². The second kappa shape index (κ2) is 3.46. The first-order valence-corrected chi connectivity index (χ1v) is 3.43. The van der Waals surface area contributed by atoms with Crippen molar-refractivity contribution in [3.8, 4) is 0 Å². The Labute approximate surface area is 63.8 Å². The van der Waals surface area contributed by atoms with Gasteiger partial charge in [-0.2, -0.15) is 0 Å². The molecule has 1 heterocycles. The molecule has 5 nitrogen and oxygen atoms in total. The highest BCUT2D eigenvalue weighted by molar-refractivity contribution is 4.85. The third kappa shape index (κ3) is 1.69. The lowest BCUT2D eigenvalue weighted by Crippen LogP contribution is -2.53. The fraction of sp³-hybridized carbons (Fsp3) is 1.00. The topological polar surface area (TPSA) is 90.2 Å². The first-order valence-electron chi connectivity index (χ1n) is 3.43. The molecule has 0 amide bonds. The summed E-state index contributed by atoms with van der Waals surface area (Å²) in [6, 6.07) is 0. The van der Waals surface area contributed by atoms with E-state index in [1.807, 2.05) is 0 Å². The molecule has 66 valence electrons. The first-order chi connectivity index (χ1) is 5.16. The van der Waals surface area contributed by atoms with Crippen molar-refractivity contribution in [1.29, 1.82) is 0 Å². The van der Waals surface area contributed by atoms with Crippen molar-refractivity contribution in [2.45, 2.75) is 24.4 Å². The third-order valence-corrected chi connectivity index (χ3v) is 1.79. The number of aliphatic hydroxyl groups excluding tert-OH is 4. The maximum atomic E-state index is 9.11. The lowest BCUT2D eigenvalue weighted by molar-refractivity contribution is -0.195. The normalized spacial score (nSPS) is 45.8. The Bertz CT molecular complexity index is 126. The van der Waals surface area contributed by atoms with E-state index in [4.69, 9.17) is 25.2 Å². The highest BCUT2D eigenvalue weighted by Gasteiger charge is 2.36. The van der Waals surface area contributed by atoms with Gasteiger partial charge in [0.1, 0.15) is 24.4 Å². The number of rotatable bonds is 1. The monoisotopic (exact) mass is 164 g/mol. The van der Waals surface area contributed by atoms with Gasteiger partial charge in [-0.25, -0.2) is 0 Å². The third-order valence-electron chi connectivity index (χ3n) is 1.79. The van der Waals surface area contributed by atoms with Crippen LogP contribution in [0.2, 0.25) is 0 Å². The van der Waals surface area contributed by atoms with Crippen LogP contribution in [0.1, 0.15) is 0 Å². The quantitative estimate of drug-likeness (QED) is 0.343. The Morgan fingerprint density at radius 2 is 1.82 bits per heavy atom. The van der Waals surface area contributed by atoms with E-state index >= 15 is 0 Å². The van der Waals surface area contributed by atoms with Gasteiger partial charge >= 0.3 is 0 Å². The van der Waals surface area contributed by atoms with E-state index in [-0.39, 0.29) is 13.2 Å². The van der Waals surface area contributed by atoms with Crippen molar-refractivity contribution in [1.82, 2.24) is 0 Å². The fourth-order valence-corrected chi connectivity index (χ4v) is 1.03. The molecule has 1 aliphatic rings. The van der Waals surface area contributed by atoms with E-state index in [2.05, 4.69) is 0 Å². The summed E-state index contributed by atoms with van der Waals surface area (Å²) < 4.78 is 4.81. The number of aliphatic hydroxyl groups is 4. The molecule has 1 rings (SSSR count). The summed E-state index contributed by atoms with van der Waals surface area (Å²) in [6.45, 7) is -0.408. The predicted molar refractivity (Wildman–Crippen MR) is 34.8 cm³/mol. The van der Waals surface area contributed by atoms with Crippen LogP contribution < -0.4 is 0 Å². The average molecular weight is 164 g/mol. The Kier molecular flexibility index (Phi) is 2.80. The van der Waals surface area contributed by atoms with Gasteiger partial charge in [-0.1, -0.05) is 0 Å². The molecule has 0 saturated carbocycles. The highest BCUT2D eigenvalue weighted by atomic mass is 16.5. The van der Waals surface area contributed by atoms with E-state index in [1.54, 1.807) is 0 Å². The van der Waals surface area contributed by atoms with Crippen LogP contribution in [-0.4, -0.2) is 58.1 Å². The summed E-state index contributed by atoms with van der Waals surface area (Å²) in [5.41, 5.74) is 0. The molecule has 0 aliphatic carbocycles. The summed E-state index contributed by atoms with van der Waals surface area (Å²) in [4.78, 5) is 0. The average Bonchev–Trinajstić information content (AvgIpc) is 2.01. The molecule has 1 fully saturated rings. The molecule has 0 aromatic heterocycles. The van der Waals surface area contributed by atoms with Crippen molar-refractivity contribution in [2.24, 2.45) is 0 Å². The van der Waals surface area contributed by atoms with Gasteiger partial charge < -0.3 is 25.2 Å². The summed E-state index contributed by atoms with van der Waals surface area (Å²) in [7, 11) is 0. The maximum absolute atomic E-state index is 9.11. The minimum absolute atomic E-state index is 0.0521. The lowest BCUT2D eigenvalue weighted by Gasteiger charge is -2.34. The lowest BCUT2D eigenvalue weighted by atomic mass is 10.0. The van der Waals surface area contributed by atoms with E-state index < -0.39 is 24.4 Å². The van der Waals surface area contributed by atoms with E-state index in [1.165, 1.54) is 0 Å². The Hall–Kier alpha value is -0.200. The molecule has 4 N–H and O–H groups in total. The Morgan fingerprint density at radius 3 is 2.36 bits per heavy atom. The molecule has 4 atom stereocenters. The fourth-order valence-electron chi connectivity index (χ4n) is 1.03. The minimum atomic E-state index is -1.22.